The van der Waals surface area contributed by atoms with E-state index in [2.05, 4.69) is 24.1 Å². The van der Waals surface area contributed by atoms with Gasteiger partial charge in [0.1, 0.15) is 0 Å². The van der Waals surface area contributed by atoms with E-state index in [1.165, 1.54) is 18.3 Å². The first-order valence-electron chi connectivity index (χ1n) is 8.77. The molecule has 1 aromatic heterocycles. The molecular weight excluding hydrogens is 324 g/mol. The fraction of sp³-hybridized carbons (Fsp3) is 0.667. The molecule has 1 aromatic rings. The lowest BCUT2D eigenvalue weighted by molar-refractivity contribution is 0.00192. The smallest absolute Gasteiger partial charge is 0.261 e. The molecule has 1 fully saturated rings. The van der Waals surface area contributed by atoms with Crippen molar-refractivity contribution in [2.45, 2.75) is 39.7 Å². The summed E-state index contributed by atoms with van der Waals surface area (Å²) in [6.07, 6.45) is 2.20. The van der Waals surface area contributed by atoms with Gasteiger partial charge >= 0.3 is 0 Å². The molecule has 1 amide bonds. The first-order chi connectivity index (χ1) is 11.6. The number of Topliss-reactive ketones (excluding diaryl/α,β-unsaturated/α-hetero) is 1. The van der Waals surface area contributed by atoms with Crippen LogP contribution in [-0.4, -0.2) is 55.5 Å². The number of carbonyl (C=O) groups is 2. The quantitative estimate of drug-likeness (QED) is 0.731. The number of hydrogen-bond donors (Lipinski definition) is 1. The second-order valence-electron chi connectivity index (χ2n) is 6.22. The largest absolute Gasteiger partial charge is 0.379 e. The standard InChI is InChI=1S/C18H28N2O3S/c1-4-14(5-2)15(20-8-10-23-11-9-20)12-19-18(22)17-7-6-16(24-17)13(3)21/h6-7,14-15H,4-5,8-12H2,1-3H3,(H,19,22)/t15-/m0/s1. The maximum absolute atomic E-state index is 12.4. The van der Waals surface area contributed by atoms with Gasteiger partial charge in [0, 0.05) is 25.7 Å². The number of thiophene rings is 1. The van der Waals surface area contributed by atoms with Crippen molar-refractivity contribution in [2.75, 3.05) is 32.8 Å². The molecule has 0 aromatic carbocycles. The molecule has 0 bridgehead atoms. The summed E-state index contributed by atoms with van der Waals surface area (Å²) in [5.74, 6) is 0.471. The number of carbonyl (C=O) groups excluding carboxylic acids is 2. The van der Waals surface area contributed by atoms with Crippen LogP contribution in [0.2, 0.25) is 0 Å². The number of nitrogens with zero attached hydrogens (tertiary/aromatic N) is 1. The molecule has 24 heavy (non-hydrogen) atoms. The van der Waals surface area contributed by atoms with Crippen LogP contribution in [0.25, 0.3) is 0 Å². The van der Waals surface area contributed by atoms with Crippen LogP contribution in [0, 0.1) is 5.92 Å². The van der Waals surface area contributed by atoms with E-state index >= 15 is 0 Å². The number of ether oxygens (including phenoxy) is 1. The Morgan fingerprint density at radius 2 is 1.83 bits per heavy atom. The van der Waals surface area contributed by atoms with E-state index in [1.807, 2.05) is 0 Å². The maximum atomic E-state index is 12.4. The van der Waals surface area contributed by atoms with Crippen LogP contribution < -0.4 is 5.32 Å². The highest BCUT2D eigenvalue weighted by Gasteiger charge is 2.27. The van der Waals surface area contributed by atoms with E-state index in [9.17, 15) is 9.59 Å². The van der Waals surface area contributed by atoms with E-state index in [1.54, 1.807) is 12.1 Å². The molecule has 1 N–H and O–H groups in total. The van der Waals surface area contributed by atoms with Gasteiger partial charge in [0.25, 0.3) is 5.91 Å². The maximum Gasteiger partial charge on any atom is 0.261 e. The van der Waals surface area contributed by atoms with E-state index in [4.69, 9.17) is 4.74 Å². The summed E-state index contributed by atoms with van der Waals surface area (Å²) in [6, 6.07) is 3.79. The van der Waals surface area contributed by atoms with Gasteiger partial charge in [-0.1, -0.05) is 26.7 Å². The van der Waals surface area contributed by atoms with Crippen LogP contribution >= 0.6 is 11.3 Å². The number of nitrogens with one attached hydrogen (secondary N) is 1. The normalized spacial score (nSPS) is 17.0. The lowest BCUT2D eigenvalue weighted by atomic mass is 9.92. The molecule has 0 aliphatic carbocycles. The minimum Gasteiger partial charge on any atom is -0.379 e. The Morgan fingerprint density at radius 1 is 1.21 bits per heavy atom. The first kappa shape index (κ1) is 19.1. The lowest BCUT2D eigenvalue weighted by Gasteiger charge is -2.38. The summed E-state index contributed by atoms with van der Waals surface area (Å²) in [6.45, 7) is 9.95. The molecule has 0 saturated carbocycles. The van der Waals surface area contributed by atoms with Crippen molar-refractivity contribution in [1.29, 1.82) is 0 Å². The Kier molecular flexibility index (Phi) is 7.40. The third-order valence-corrected chi connectivity index (χ3v) is 5.94. The number of ketones is 1. The van der Waals surface area contributed by atoms with Gasteiger partial charge in [0.2, 0.25) is 0 Å². The van der Waals surface area contributed by atoms with Crippen molar-refractivity contribution in [1.82, 2.24) is 10.2 Å². The zero-order valence-corrected chi connectivity index (χ0v) is 15.7. The average molecular weight is 353 g/mol. The predicted octanol–water partition coefficient (Wildman–Crippen LogP) is 2.82. The Balaban J connectivity index is 1.99. The summed E-state index contributed by atoms with van der Waals surface area (Å²) in [7, 11) is 0. The molecule has 2 heterocycles. The van der Waals surface area contributed by atoms with Gasteiger partial charge in [-0.15, -0.1) is 11.3 Å². The molecule has 1 aliphatic rings. The van der Waals surface area contributed by atoms with Gasteiger partial charge in [-0.05, 0) is 25.0 Å². The van der Waals surface area contributed by atoms with Crippen molar-refractivity contribution in [2.24, 2.45) is 5.92 Å². The van der Waals surface area contributed by atoms with Gasteiger partial charge in [0.15, 0.2) is 5.78 Å². The molecule has 1 atom stereocenters. The van der Waals surface area contributed by atoms with Crippen LogP contribution in [0.4, 0.5) is 0 Å². The minimum atomic E-state index is -0.0864. The van der Waals surface area contributed by atoms with E-state index in [0.29, 0.717) is 28.3 Å². The van der Waals surface area contributed by atoms with Crippen LogP contribution in [0.1, 0.15) is 53.0 Å². The van der Waals surface area contributed by atoms with E-state index in [0.717, 1.165) is 39.1 Å². The minimum absolute atomic E-state index is 0.00210. The van der Waals surface area contributed by atoms with Crippen LogP contribution in [0.15, 0.2) is 12.1 Å². The van der Waals surface area contributed by atoms with Crippen LogP contribution in [-0.2, 0) is 4.74 Å². The SMILES string of the molecule is CCC(CC)[C@H](CNC(=O)c1ccc(C(C)=O)s1)N1CCOCC1. The monoisotopic (exact) mass is 352 g/mol. The number of rotatable bonds is 8. The second-order valence-corrected chi connectivity index (χ2v) is 7.31. The molecular formula is C18H28N2O3S. The Labute approximate surface area is 148 Å². The second kappa shape index (κ2) is 9.30. The first-order valence-corrected chi connectivity index (χ1v) is 9.59. The van der Waals surface area contributed by atoms with Gasteiger partial charge in [0.05, 0.1) is 23.0 Å². The number of amides is 1. The van der Waals surface area contributed by atoms with Crippen molar-refractivity contribution >= 4 is 23.0 Å². The molecule has 0 unspecified atom stereocenters. The van der Waals surface area contributed by atoms with Gasteiger partial charge in [-0.3, -0.25) is 14.5 Å². The summed E-state index contributed by atoms with van der Waals surface area (Å²) < 4.78 is 5.46. The van der Waals surface area contributed by atoms with Crippen LogP contribution in [0.5, 0.6) is 0 Å². The molecule has 5 nitrogen and oxygen atoms in total. The van der Waals surface area contributed by atoms with E-state index < -0.39 is 0 Å². The zero-order valence-electron chi connectivity index (χ0n) is 14.8. The fourth-order valence-corrected chi connectivity index (χ4v) is 4.09. The molecule has 0 spiro atoms. The van der Waals surface area contributed by atoms with Crippen molar-refractivity contribution in [3.63, 3.8) is 0 Å². The third kappa shape index (κ3) is 4.88. The molecule has 1 aliphatic heterocycles. The summed E-state index contributed by atoms with van der Waals surface area (Å²) >= 11 is 1.26. The molecule has 6 heteroatoms. The summed E-state index contributed by atoms with van der Waals surface area (Å²) in [5, 5.41) is 3.08. The highest BCUT2D eigenvalue weighted by atomic mass is 32.1. The van der Waals surface area contributed by atoms with Gasteiger partial charge < -0.3 is 10.1 Å². The van der Waals surface area contributed by atoms with Crippen molar-refractivity contribution < 1.29 is 14.3 Å². The Morgan fingerprint density at radius 3 is 2.38 bits per heavy atom. The lowest BCUT2D eigenvalue weighted by Crippen LogP contribution is -2.52. The predicted molar refractivity (Wildman–Crippen MR) is 96.9 cm³/mol. The highest BCUT2D eigenvalue weighted by Crippen LogP contribution is 2.21. The number of hydrogen-bond acceptors (Lipinski definition) is 5. The molecule has 0 radical (unpaired) electrons. The Hall–Kier alpha value is -1.24. The number of morpholine rings is 1. The van der Waals surface area contributed by atoms with Crippen molar-refractivity contribution in [3.05, 3.63) is 21.9 Å². The molecule has 2 rings (SSSR count). The molecule has 134 valence electrons. The summed E-state index contributed by atoms with van der Waals surface area (Å²) in [4.78, 5) is 27.5. The fourth-order valence-electron chi connectivity index (χ4n) is 3.27. The zero-order chi connectivity index (χ0) is 17.5. The topological polar surface area (TPSA) is 58.6 Å². The molecule has 1 saturated heterocycles. The van der Waals surface area contributed by atoms with Crippen LogP contribution in [0.3, 0.4) is 0 Å². The van der Waals surface area contributed by atoms with Gasteiger partial charge in [-0.2, -0.15) is 0 Å². The highest BCUT2D eigenvalue weighted by molar-refractivity contribution is 7.15. The van der Waals surface area contributed by atoms with E-state index in [-0.39, 0.29) is 11.7 Å². The third-order valence-electron chi connectivity index (χ3n) is 4.76. The summed E-state index contributed by atoms with van der Waals surface area (Å²) in [5.41, 5.74) is 0. The van der Waals surface area contributed by atoms with Crippen molar-refractivity contribution in [3.8, 4) is 0 Å². The Bertz CT molecular complexity index is 548. The average Bonchev–Trinajstić information content (AvgIpc) is 3.09. The van der Waals surface area contributed by atoms with Gasteiger partial charge in [-0.25, -0.2) is 0 Å².